The van der Waals surface area contributed by atoms with E-state index in [1.54, 1.807) is 42.2 Å². The Morgan fingerprint density at radius 1 is 1.16 bits per heavy atom. The normalized spacial score (nSPS) is 23.0. The van der Waals surface area contributed by atoms with Crippen LogP contribution in [-0.2, 0) is 19.6 Å². The van der Waals surface area contributed by atoms with Crippen LogP contribution in [0.3, 0.4) is 0 Å². The van der Waals surface area contributed by atoms with Gasteiger partial charge in [-0.3, -0.25) is 9.59 Å². The summed E-state index contributed by atoms with van der Waals surface area (Å²) in [6, 6.07) is 8.31. The van der Waals surface area contributed by atoms with E-state index in [2.05, 4.69) is 4.72 Å². The van der Waals surface area contributed by atoms with Crippen molar-refractivity contribution in [2.75, 3.05) is 19.6 Å². The van der Waals surface area contributed by atoms with E-state index < -0.39 is 22.1 Å². The van der Waals surface area contributed by atoms with Gasteiger partial charge in [-0.1, -0.05) is 23.7 Å². The largest absolute Gasteiger partial charge is 0.339 e. The van der Waals surface area contributed by atoms with E-state index >= 15 is 0 Å². The van der Waals surface area contributed by atoms with Crippen molar-refractivity contribution < 1.29 is 18.0 Å². The van der Waals surface area contributed by atoms with Gasteiger partial charge in [-0.25, -0.2) is 8.42 Å². The zero-order chi connectivity index (χ0) is 23.0. The molecule has 3 atom stereocenters. The summed E-state index contributed by atoms with van der Waals surface area (Å²) < 4.78 is 28.4. The zero-order valence-corrected chi connectivity index (χ0v) is 19.4. The standard InChI is InChI=1S/C22H27ClN4O4S/c1-14(21(28)26-9-2-3-18(24)13-26)27-10-8-20(22(27)29)25-32(30,31)19-7-5-15-11-17(23)6-4-16(15)12-19/h4-7,11-12,14,18,20,25H,2-3,8-10,13,24H2,1H3/t14-,18+,20-/m0/s1. The van der Waals surface area contributed by atoms with Crippen LogP contribution in [0.15, 0.2) is 41.3 Å². The van der Waals surface area contributed by atoms with Crippen LogP contribution in [0.5, 0.6) is 0 Å². The number of likely N-dealkylation sites (tertiary alicyclic amines) is 2. The number of carbonyl (C=O) groups is 2. The van der Waals surface area contributed by atoms with Crippen molar-refractivity contribution in [1.29, 1.82) is 0 Å². The Morgan fingerprint density at radius 2 is 1.88 bits per heavy atom. The van der Waals surface area contributed by atoms with Gasteiger partial charge in [-0.05, 0) is 61.2 Å². The summed E-state index contributed by atoms with van der Waals surface area (Å²) in [4.78, 5) is 29.0. The first kappa shape index (κ1) is 23.0. The highest BCUT2D eigenvalue weighted by atomic mass is 35.5. The van der Waals surface area contributed by atoms with Crippen LogP contribution >= 0.6 is 11.6 Å². The van der Waals surface area contributed by atoms with E-state index in [0.29, 0.717) is 31.1 Å². The summed E-state index contributed by atoms with van der Waals surface area (Å²) in [6.07, 6.45) is 2.03. The smallest absolute Gasteiger partial charge is 0.245 e. The number of nitrogens with two attached hydrogens (primary N) is 1. The van der Waals surface area contributed by atoms with Crippen molar-refractivity contribution in [3.8, 4) is 0 Å². The molecule has 4 rings (SSSR count). The van der Waals surface area contributed by atoms with Crippen LogP contribution in [0.25, 0.3) is 10.8 Å². The van der Waals surface area contributed by atoms with Gasteiger partial charge in [-0.2, -0.15) is 4.72 Å². The number of hydrogen-bond donors (Lipinski definition) is 2. The first-order valence-electron chi connectivity index (χ1n) is 10.7. The number of benzene rings is 2. The van der Waals surface area contributed by atoms with Crippen molar-refractivity contribution in [2.24, 2.45) is 5.73 Å². The van der Waals surface area contributed by atoms with Gasteiger partial charge in [0.1, 0.15) is 12.1 Å². The summed E-state index contributed by atoms with van der Waals surface area (Å²) in [5.74, 6) is -0.534. The Morgan fingerprint density at radius 3 is 2.62 bits per heavy atom. The first-order chi connectivity index (χ1) is 15.2. The average Bonchev–Trinajstić information content (AvgIpc) is 3.11. The van der Waals surface area contributed by atoms with E-state index in [1.165, 1.54) is 11.0 Å². The highest BCUT2D eigenvalue weighted by molar-refractivity contribution is 7.89. The summed E-state index contributed by atoms with van der Waals surface area (Å²) in [5, 5.41) is 2.12. The zero-order valence-electron chi connectivity index (χ0n) is 17.8. The van der Waals surface area contributed by atoms with Gasteiger partial charge in [0.25, 0.3) is 0 Å². The number of rotatable bonds is 5. The van der Waals surface area contributed by atoms with Crippen LogP contribution in [0.2, 0.25) is 5.02 Å². The molecule has 2 aromatic rings. The van der Waals surface area contributed by atoms with Crippen LogP contribution in [0, 0.1) is 0 Å². The molecule has 0 aromatic heterocycles. The van der Waals surface area contributed by atoms with Crippen molar-refractivity contribution in [2.45, 2.75) is 49.2 Å². The molecule has 32 heavy (non-hydrogen) atoms. The van der Waals surface area contributed by atoms with Gasteiger partial charge in [-0.15, -0.1) is 0 Å². The number of sulfonamides is 1. The minimum atomic E-state index is -3.92. The molecule has 2 aliphatic rings. The fourth-order valence-electron chi connectivity index (χ4n) is 4.42. The van der Waals surface area contributed by atoms with Crippen molar-refractivity contribution in [3.05, 3.63) is 41.4 Å². The summed E-state index contributed by atoms with van der Waals surface area (Å²) in [5.41, 5.74) is 5.97. The number of nitrogens with one attached hydrogen (secondary N) is 1. The predicted octanol–water partition coefficient (Wildman–Crippen LogP) is 1.71. The fourth-order valence-corrected chi connectivity index (χ4v) is 5.86. The van der Waals surface area contributed by atoms with Crippen molar-refractivity contribution >= 4 is 44.2 Å². The lowest BCUT2D eigenvalue weighted by molar-refractivity contribution is -0.144. The Kier molecular flexibility index (Phi) is 6.44. The number of hydrogen-bond acceptors (Lipinski definition) is 5. The molecule has 0 bridgehead atoms. The maximum absolute atomic E-state index is 12.9. The summed E-state index contributed by atoms with van der Waals surface area (Å²) in [6.45, 7) is 3.11. The van der Waals surface area contributed by atoms with E-state index in [-0.39, 0.29) is 22.8 Å². The third-order valence-electron chi connectivity index (χ3n) is 6.22. The highest BCUT2D eigenvalue weighted by Crippen LogP contribution is 2.24. The molecule has 172 valence electrons. The van der Waals surface area contributed by atoms with Crippen LogP contribution in [-0.4, -0.2) is 67.8 Å². The molecule has 2 amide bonds. The lowest BCUT2D eigenvalue weighted by Crippen LogP contribution is -2.54. The minimum Gasteiger partial charge on any atom is -0.339 e. The number of halogens is 1. The van der Waals surface area contributed by atoms with E-state index in [4.69, 9.17) is 17.3 Å². The topological polar surface area (TPSA) is 113 Å². The van der Waals surface area contributed by atoms with E-state index in [1.807, 2.05) is 0 Å². The van der Waals surface area contributed by atoms with Crippen LogP contribution in [0.1, 0.15) is 26.2 Å². The van der Waals surface area contributed by atoms with E-state index in [0.717, 1.165) is 23.6 Å². The van der Waals surface area contributed by atoms with Gasteiger partial charge in [0.15, 0.2) is 0 Å². The quantitative estimate of drug-likeness (QED) is 0.679. The molecule has 0 aliphatic carbocycles. The Balaban J connectivity index is 1.45. The van der Waals surface area contributed by atoms with Crippen LogP contribution < -0.4 is 10.5 Å². The molecule has 0 radical (unpaired) electrons. The number of amides is 2. The molecule has 8 nitrogen and oxygen atoms in total. The second-order valence-corrected chi connectivity index (χ2v) is 10.7. The van der Waals surface area contributed by atoms with Gasteiger partial charge >= 0.3 is 0 Å². The lowest BCUT2D eigenvalue weighted by Gasteiger charge is -2.35. The van der Waals surface area contributed by atoms with Crippen LogP contribution in [0.4, 0.5) is 0 Å². The summed E-state index contributed by atoms with van der Waals surface area (Å²) in [7, 11) is -3.92. The number of carbonyl (C=O) groups excluding carboxylic acids is 2. The molecule has 0 spiro atoms. The molecular weight excluding hydrogens is 452 g/mol. The molecule has 2 heterocycles. The Hall–Kier alpha value is -2.20. The van der Waals surface area contributed by atoms with E-state index in [9.17, 15) is 18.0 Å². The molecule has 2 aliphatic heterocycles. The average molecular weight is 479 g/mol. The highest BCUT2D eigenvalue weighted by Gasteiger charge is 2.40. The van der Waals surface area contributed by atoms with Gasteiger partial charge in [0.2, 0.25) is 21.8 Å². The SMILES string of the molecule is C[C@@H](C(=O)N1CCC[C@@H](N)C1)N1CC[C@H](NS(=O)(=O)c2ccc3cc(Cl)ccc3c2)C1=O. The second kappa shape index (κ2) is 8.97. The molecule has 2 aromatic carbocycles. The molecule has 2 fully saturated rings. The fraction of sp³-hybridized carbons (Fsp3) is 0.455. The third-order valence-corrected chi connectivity index (χ3v) is 7.92. The number of fused-ring (bicyclic) bond motifs is 1. The minimum absolute atomic E-state index is 0.0493. The second-order valence-electron chi connectivity index (χ2n) is 8.51. The number of piperidine rings is 1. The maximum Gasteiger partial charge on any atom is 0.245 e. The summed E-state index contributed by atoms with van der Waals surface area (Å²) >= 11 is 5.99. The maximum atomic E-state index is 12.9. The molecule has 0 saturated carbocycles. The molecule has 10 heteroatoms. The predicted molar refractivity (Wildman–Crippen MR) is 123 cm³/mol. The van der Waals surface area contributed by atoms with Crippen molar-refractivity contribution in [1.82, 2.24) is 14.5 Å². The Labute approximate surface area is 192 Å². The third kappa shape index (κ3) is 4.61. The monoisotopic (exact) mass is 478 g/mol. The number of nitrogens with zero attached hydrogens (tertiary/aromatic N) is 2. The van der Waals surface area contributed by atoms with Gasteiger partial charge in [0, 0.05) is 30.7 Å². The first-order valence-corrected chi connectivity index (χ1v) is 12.6. The molecule has 0 unspecified atom stereocenters. The molecule has 3 N–H and O–H groups in total. The van der Waals surface area contributed by atoms with Gasteiger partial charge in [0.05, 0.1) is 4.90 Å². The Bertz CT molecular complexity index is 1160. The van der Waals surface area contributed by atoms with Gasteiger partial charge < -0.3 is 15.5 Å². The van der Waals surface area contributed by atoms with Crippen molar-refractivity contribution in [3.63, 3.8) is 0 Å². The molecule has 2 saturated heterocycles. The molecular formula is C22H27ClN4O4S. The lowest BCUT2D eigenvalue weighted by atomic mass is 10.1.